The lowest BCUT2D eigenvalue weighted by Gasteiger charge is -2.07. The average Bonchev–Trinajstić information content (AvgIpc) is 2.41. The molecule has 0 unspecified atom stereocenters. The zero-order chi connectivity index (χ0) is 14.5. The summed E-state index contributed by atoms with van der Waals surface area (Å²) < 4.78 is 18.3. The smallest absolute Gasteiger partial charge is 0.174 e. The average molecular weight is 293 g/mol. The molecule has 2 nitrogen and oxygen atoms in total. The predicted octanol–water partition coefficient (Wildman–Crippen LogP) is 3.98. The molecule has 0 fully saturated rings. The van der Waals surface area contributed by atoms with E-state index in [0.717, 1.165) is 11.1 Å². The summed E-state index contributed by atoms with van der Waals surface area (Å²) in [4.78, 5) is 11.8. The van der Waals surface area contributed by atoms with E-state index in [1.54, 1.807) is 37.3 Å². The third-order valence-corrected chi connectivity index (χ3v) is 3.16. The van der Waals surface area contributed by atoms with Crippen molar-refractivity contribution in [2.24, 2.45) is 0 Å². The first-order valence-corrected chi connectivity index (χ1v) is 6.57. The Labute approximate surface area is 122 Å². The number of Topliss-reactive ketones (excluding diaryl/α,β-unsaturated/α-hetero) is 1. The van der Waals surface area contributed by atoms with Crippen molar-refractivity contribution in [2.45, 2.75) is 13.3 Å². The summed E-state index contributed by atoms with van der Waals surface area (Å²) in [5, 5.41) is 0.616. The molecule has 0 aliphatic heterocycles. The third kappa shape index (κ3) is 4.07. The van der Waals surface area contributed by atoms with Crippen LogP contribution in [-0.4, -0.2) is 12.4 Å². The molecule has 0 N–H and O–H groups in total. The molecule has 0 saturated carbocycles. The molecule has 104 valence electrons. The summed E-state index contributed by atoms with van der Waals surface area (Å²) in [6.07, 6.45) is 0.236. The molecule has 0 bridgehead atoms. The monoisotopic (exact) mass is 292 g/mol. The molecular formula is C16H14ClFO2. The molecule has 0 radical (unpaired) electrons. The Bertz CT molecular complexity index is 608. The molecule has 2 aromatic rings. The number of carbonyl (C=O) groups is 1. The maximum absolute atomic E-state index is 13.0. The van der Waals surface area contributed by atoms with Crippen molar-refractivity contribution in [2.75, 3.05) is 6.61 Å². The number of aryl methyl sites for hydroxylation is 1. The number of hydrogen-bond donors (Lipinski definition) is 0. The molecule has 2 rings (SSSR count). The number of hydrogen-bond acceptors (Lipinski definition) is 2. The fourth-order valence-corrected chi connectivity index (χ4v) is 1.94. The Hall–Kier alpha value is -1.87. The predicted molar refractivity (Wildman–Crippen MR) is 76.8 cm³/mol. The Morgan fingerprint density at radius 2 is 1.90 bits per heavy atom. The van der Waals surface area contributed by atoms with Crippen LogP contribution in [-0.2, 0) is 11.2 Å². The molecule has 0 atom stereocenters. The molecule has 20 heavy (non-hydrogen) atoms. The highest BCUT2D eigenvalue weighted by molar-refractivity contribution is 6.30. The highest BCUT2D eigenvalue weighted by Crippen LogP contribution is 2.16. The van der Waals surface area contributed by atoms with Gasteiger partial charge in [-0.1, -0.05) is 17.7 Å². The fourth-order valence-electron chi connectivity index (χ4n) is 1.82. The van der Waals surface area contributed by atoms with Crippen molar-refractivity contribution in [3.05, 3.63) is 64.4 Å². The van der Waals surface area contributed by atoms with Crippen LogP contribution in [0.2, 0.25) is 5.02 Å². The van der Waals surface area contributed by atoms with Crippen molar-refractivity contribution >= 4 is 17.4 Å². The van der Waals surface area contributed by atoms with Gasteiger partial charge in [0.05, 0.1) is 0 Å². The van der Waals surface area contributed by atoms with Gasteiger partial charge in [-0.25, -0.2) is 4.39 Å². The summed E-state index contributed by atoms with van der Waals surface area (Å²) >= 11 is 5.76. The van der Waals surface area contributed by atoms with Gasteiger partial charge >= 0.3 is 0 Å². The van der Waals surface area contributed by atoms with Crippen LogP contribution < -0.4 is 4.74 Å². The molecule has 0 aliphatic rings. The minimum atomic E-state index is -0.295. The van der Waals surface area contributed by atoms with Crippen molar-refractivity contribution in [3.8, 4) is 5.75 Å². The standard InChI is InChI=1S/C16H14ClFO2/c1-11-8-14(18)5-2-12(11)9-15(19)10-20-16-6-3-13(17)4-7-16/h2-8H,9-10H2,1H3. The maximum Gasteiger partial charge on any atom is 0.174 e. The van der Waals surface area contributed by atoms with Crippen molar-refractivity contribution in [1.29, 1.82) is 0 Å². The quantitative estimate of drug-likeness (QED) is 0.833. The van der Waals surface area contributed by atoms with Crippen molar-refractivity contribution in [1.82, 2.24) is 0 Å². The second kappa shape index (κ2) is 6.53. The van der Waals surface area contributed by atoms with E-state index in [2.05, 4.69) is 0 Å². The Balaban J connectivity index is 1.90. The maximum atomic E-state index is 13.0. The lowest BCUT2D eigenvalue weighted by Crippen LogP contribution is -2.14. The van der Waals surface area contributed by atoms with Crippen LogP contribution in [0.1, 0.15) is 11.1 Å². The molecule has 2 aromatic carbocycles. The summed E-state index contributed by atoms with van der Waals surface area (Å²) in [5.74, 6) is 0.240. The first kappa shape index (κ1) is 14.5. The van der Waals surface area contributed by atoms with Gasteiger partial charge < -0.3 is 4.74 Å². The van der Waals surface area contributed by atoms with Crippen molar-refractivity contribution < 1.29 is 13.9 Å². The van der Waals surface area contributed by atoms with Crippen LogP contribution in [0, 0.1) is 12.7 Å². The van der Waals surface area contributed by atoms with E-state index < -0.39 is 0 Å². The Kier molecular flexibility index (Phi) is 4.74. The van der Waals surface area contributed by atoms with Gasteiger partial charge in [-0.05, 0) is 54.4 Å². The zero-order valence-electron chi connectivity index (χ0n) is 11.0. The van der Waals surface area contributed by atoms with Crippen LogP contribution >= 0.6 is 11.6 Å². The summed E-state index contributed by atoms with van der Waals surface area (Å²) in [5.41, 5.74) is 1.58. The minimum absolute atomic E-state index is 0.0154. The van der Waals surface area contributed by atoms with Gasteiger partial charge in [0.15, 0.2) is 5.78 Å². The van der Waals surface area contributed by atoms with E-state index in [1.807, 2.05) is 0 Å². The molecule has 4 heteroatoms. The van der Waals surface area contributed by atoms with E-state index in [9.17, 15) is 9.18 Å². The molecule has 0 amide bonds. The normalized spacial score (nSPS) is 10.3. The summed E-state index contributed by atoms with van der Waals surface area (Å²) in [7, 11) is 0. The Morgan fingerprint density at radius 1 is 1.20 bits per heavy atom. The molecular weight excluding hydrogens is 279 g/mol. The van der Waals surface area contributed by atoms with Crippen LogP contribution in [0.25, 0.3) is 0 Å². The zero-order valence-corrected chi connectivity index (χ0v) is 11.8. The lowest BCUT2D eigenvalue weighted by molar-refractivity contribution is -0.120. The molecule has 0 saturated heterocycles. The third-order valence-electron chi connectivity index (χ3n) is 2.91. The largest absolute Gasteiger partial charge is 0.486 e. The number of ketones is 1. The van der Waals surface area contributed by atoms with Gasteiger partial charge in [0.1, 0.15) is 18.2 Å². The van der Waals surface area contributed by atoms with E-state index >= 15 is 0 Å². The number of benzene rings is 2. The first-order valence-electron chi connectivity index (χ1n) is 6.19. The minimum Gasteiger partial charge on any atom is -0.486 e. The van der Waals surface area contributed by atoms with Gasteiger partial charge in [-0.2, -0.15) is 0 Å². The number of carbonyl (C=O) groups excluding carboxylic acids is 1. The molecule has 0 aliphatic carbocycles. The van der Waals surface area contributed by atoms with Gasteiger partial charge in [-0.15, -0.1) is 0 Å². The van der Waals surface area contributed by atoms with Crippen LogP contribution in [0.4, 0.5) is 4.39 Å². The SMILES string of the molecule is Cc1cc(F)ccc1CC(=O)COc1ccc(Cl)cc1. The first-order chi connectivity index (χ1) is 9.54. The summed E-state index contributed by atoms with van der Waals surface area (Å²) in [6, 6.07) is 11.2. The van der Waals surface area contributed by atoms with E-state index in [-0.39, 0.29) is 24.6 Å². The topological polar surface area (TPSA) is 26.3 Å². The lowest BCUT2D eigenvalue weighted by atomic mass is 10.0. The summed E-state index contributed by atoms with van der Waals surface area (Å²) in [6.45, 7) is 1.77. The fraction of sp³-hybridized carbons (Fsp3) is 0.188. The van der Waals surface area contributed by atoms with Crippen LogP contribution in [0.5, 0.6) is 5.75 Å². The van der Waals surface area contributed by atoms with Gasteiger partial charge in [0.25, 0.3) is 0 Å². The van der Waals surface area contributed by atoms with Crippen LogP contribution in [0.3, 0.4) is 0 Å². The highest BCUT2D eigenvalue weighted by Gasteiger charge is 2.08. The molecule has 0 spiro atoms. The second-order valence-electron chi connectivity index (χ2n) is 4.53. The molecule has 0 aromatic heterocycles. The van der Waals surface area contributed by atoms with E-state index in [1.165, 1.54) is 12.1 Å². The van der Waals surface area contributed by atoms with E-state index in [4.69, 9.17) is 16.3 Å². The number of ether oxygens (including phenoxy) is 1. The van der Waals surface area contributed by atoms with Gasteiger partial charge in [-0.3, -0.25) is 4.79 Å². The number of rotatable bonds is 5. The molecule has 0 heterocycles. The van der Waals surface area contributed by atoms with Crippen molar-refractivity contribution in [3.63, 3.8) is 0 Å². The van der Waals surface area contributed by atoms with Gasteiger partial charge in [0, 0.05) is 11.4 Å². The van der Waals surface area contributed by atoms with E-state index in [0.29, 0.717) is 10.8 Å². The van der Waals surface area contributed by atoms with Crippen LogP contribution in [0.15, 0.2) is 42.5 Å². The van der Waals surface area contributed by atoms with Gasteiger partial charge in [0.2, 0.25) is 0 Å². The highest BCUT2D eigenvalue weighted by atomic mass is 35.5. The second-order valence-corrected chi connectivity index (χ2v) is 4.97. The Morgan fingerprint density at radius 3 is 2.55 bits per heavy atom. The number of halogens is 2.